The van der Waals surface area contributed by atoms with Gasteiger partial charge in [-0.05, 0) is 48.6 Å². The van der Waals surface area contributed by atoms with Crippen LogP contribution in [0.5, 0.6) is 0 Å². The van der Waals surface area contributed by atoms with Gasteiger partial charge >= 0.3 is 11.9 Å². The summed E-state index contributed by atoms with van der Waals surface area (Å²) in [4.78, 5) is 22.6. The Bertz CT molecular complexity index is 915. The van der Waals surface area contributed by atoms with Crippen LogP contribution in [0.4, 0.5) is 0 Å². The molecule has 0 aliphatic heterocycles. The van der Waals surface area contributed by atoms with E-state index in [0.29, 0.717) is 12.4 Å². The lowest BCUT2D eigenvalue weighted by Gasteiger charge is -2.16. The second-order valence-electron chi connectivity index (χ2n) is 7.17. The summed E-state index contributed by atoms with van der Waals surface area (Å²) < 4.78 is 15.1. The standard InChI is InChI=1S/C22H24O4.C6H10O/c1-3-21(23)25-15-17(16-26-22(24)4-2)9-7-11-19-13-8-12-18-10-5-6-14-20(18)19;1-4-6(3)7-5-2/h3-6,8,10,12-14,17H,1-2,7,9,11,15-16H2;4H,1,3,5H2,2H3. The lowest BCUT2D eigenvalue weighted by atomic mass is 9.97. The van der Waals surface area contributed by atoms with Crippen molar-refractivity contribution in [3.05, 3.63) is 98.3 Å². The molecule has 0 atom stereocenters. The van der Waals surface area contributed by atoms with Gasteiger partial charge in [-0.15, -0.1) is 0 Å². The van der Waals surface area contributed by atoms with Gasteiger partial charge in [-0.3, -0.25) is 0 Å². The Kier molecular flexibility index (Phi) is 13.4. The molecule has 2 aromatic carbocycles. The number of hydrogen-bond acceptors (Lipinski definition) is 5. The molecular formula is C28H34O5. The monoisotopic (exact) mass is 450 g/mol. The third kappa shape index (κ3) is 11.0. The number of carbonyl (C=O) groups excluding carboxylic acids is 2. The molecule has 0 saturated carbocycles. The summed E-state index contributed by atoms with van der Waals surface area (Å²) in [6.07, 6.45) is 6.42. The maximum atomic E-state index is 11.3. The number of hydrogen-bond donors (Lipinski definition) is 0. The highest BCUT2D eigenvalue weighted by molar-refractivity contribution is 5.85. The minimum Gasteiger partial charge on any atom is -0.495 e. The van der Waals surface area contributed by atoms with Crippen molar-refractivity contribution in [3.63, 3.8) is 0 Å². The Morgan fingerprint density at radius 3 is 2.03 bits per heavy atom. The minimum atomic E-state index is -0.473. The van der Waals surface area contributed by atoms with Gasteiger partial charge in [-0.25, -0.2) is 9.59 Å². The molecule has 33 heavy (non-hydrogen) atoms. The lowest BCUT2D eigenvalue weighted by Crippen LogP contribution is -2.20. The Hall–Kier alpha value is -3.60. The molecule has 0 amide bonds. The Morgan fingerprint density at radius 2 is 1.48 bits per heavy atom. The van der Waals surface area contributed by atoms with Gasteiger partial charge in [0.2, 0.25) is 0 Å². The van der Waals surface area contributed by atoms with Gasteiger partial charge in [0.15, 0.2) is 0 Å². The van der Waals surface area contributed by atoms with Gasteiger partial charge in [-0.1, -0.05) is 68.8 Å². The predicted molar refractivity (Wildman–Crippen MR) is 134 cm³/mol. The van der Waals surface area contributed by atoms with Gasteiger partial charge in [0.25, 0.3) is 0 Å². The summed E-state index contributed by atoms with van der Waals surface area (Å²) in [5, 5.41) is 2.48. The normalized spacial score (nSPS) is 9.88. The first-order valence-corrected chi connectivity index (χ1v) is 10.9. The number of rotatable bonds is 13. The molecule has 0 N–H and O–H groups in total. The van der Waals surface area contributed by atoms with Crippen LogP contribution in [0.2, 0.25) is 0 Å². The number of fused-ring (bicyclic) bond motifs is 1. The molecule has 0 saturated heterocycles. The molecule has 5 heteroatoms. The number of benzene rings is 2. The maximum absolute atomic E-state index is 11.3. The number of allylic oxidation sites excluding steroid dienone is 1. The maximum Gasteiger partial charge on any atom is 0.330 e. The Balaban J connectivity index is 0.000000675. The summed E-state index contributed by atoms with van der Waals surface area (Å²) in [5.41, 5.74) is 1.29. The van der Waals surface area contributed by atoms with Crippen molar-refractivity contribution in [2.75, 3.05) is 19.8 Å². The number of aryl methyl sites for hydroxylation is 1. The Morgan fingerprint density at radius 1 is 0.879 bits per heavy atom. The summed E-state index contributed by atoms with van der Waals surface area (Å²) in [6, 6.07) is 14.6. The summed E-state index contributed by atoms with van der Waals surface area (Å²) >= 11 is 0. The van der Waals surface area contributed by atoms with E-state index in [9.17, 15) is 9.59 Å². The third-order valence-corrected chi connectivity index (χ3v) is 4.75. The SMILES string of the molecule is C=CC(=C)OCC.C=CC(=O)OCC(CCCc1cccc2ccccc12)COC(=O)C=C. The molecule has 0 aliphatic carbocycles. The Labute approximate surface area is 197 Å². The molecule has 2 aromatic rings. The topological polar surface area (TPSA) is 61.8 Å². The molecular weight excluding hydrogens is 416 g/mol. The quantitative estimate of drug-likeness (QED) is 0.163. The van der Waals surface area contributed by atoms with E-state index >= 15 is 0 Å². The van der Waals surface area contributed by atoms with Gasteiger partial charge in [0, 0.05) is 18.1 Å². The van der Waals surface area contributed by atoms with Crippen LogP contribution in [0, 0.1) is 5.92 Å². The van der Waals surface area contributed by atoms with Crippen LogP contribution in [0.25, 0.3) is 10.8 Å². The molecule has 176 valence electrons. The number of carbonyl (C=O) groups is 2. The smallest absolute Gasteiger partial charge is 0.330 e. The van der Waals surface area contributed by atoms with E-state index in [0.717, 1.165) is 31.4 Å². The van der Waals surface area contributed by atoms with E-state index in [1.54, 1.807) is 6.08 Å². The van der Waals surface area contributed by atoms with Crippen molar-refractivity contribution in [1.82, 2.24) is 0 Å². The second kappa shape index (κ2) is 16.1. The van der Waals surface area contributed by atoms with Crippen molar-refractivity contribution in [1.29, 1.82) is 0 Å². The average molecular weight is 451 g/mol. The highest BCUT2D eigenvalue weighted by atomic mass is 16.5. The second-order valence-corrected chi connectivity index (χ2v) is 7.17. The van der Waals surface area contributed by atoms with Gasteiger partial charge in [0.1, 0.15) is 5.76 Å². The van der Waals surface area contributed by atoms with Crippen LogP contribution >= 0.6 is 0 Å². The van der Waals surface area contributed by atoms with Gasteiger partial charge in [0.05, 0.1) is 19.8 Å². The minimum absolute atomic E-state index is 0.0576. The van der Waals surface area contributed by atoms with E-state index < -0.39 is 11.9 Å². The van der Waals surface area contributed by atoms with Crippen molar-refractivity contribution in [2.45, 2.75) is 26.2 Å². The first-order chi connectivity index (χ1) is 15.9. The largest absolute Gasteiger partial charge is 0.495 e. The van der Waals surface area contributed by atoms with Crippen LogP contribution in [0.1, 0.15) is 25.3 Å². The van der Waals surface area contributed by atoms with E-state index in [1.165, 1.54) is 16.3 Å². The predicted octanol–water partition coefficient (Wildman–Crippen LogP) is 5.96. The molecule has 0 unspecified atom stereocenters. The molecule has 0 bridgehead atoms. The summed E-state index contributed by atoms with van der Waals surface area (Å²) in [5.74, 6) is -0.363. The summed E-state index contributed by atoms with van der Waals surface area (Å²) in [6.45, 7) is 16.7. The van der Waals surface area contributed by atoms with Crippen LogP contribution in [-0.2, 0) is 30.2 Å². The lowest BCUT2D eigenvalue weighted by molar-refractivity contribution is -0.143. The van der Waals surface area contributed by atoms with Gasteiger partial charge < -0.3 is 14.2 Å². The molecule has 0 aliphatic rings. The molecule has 5 nitrogen and oxygen atoms in total. The van der Waals surface area contributed by atoms with E-state index in [4.69, 9.17) is 14.2 Å². The zero-order valence-electron chi connectivity index (χ0n) is 19.5. The van der Waals surface area contributed by atoms with Crippen molar-refractivity contribution >= 4 is 22.7 Å². The van der Waals surface area contributed by atoms with E-state index in [2.05, 4.69) is 56.6 Å². The fraction of sp³-hybridized carbons (Fsp3) is 0.286. The first-order valence-electron chi connectivity index (χ1n) is 10.9. The molecule has 0 aromatic heterocycles. The van der Waals surface area contributed by atoms with E-state index in [1.807, 2.05) is 19.1 Å². The summed E-state index contributed by atoms with van der Waals surface area (Å²) in [7, 11) is 0. The molecule has 0 radical (unpaired) electrons. The highest BCUT2D eigenvalue weighted by Gasteiger charge is 2.14. The fourth-order valence-corrected chi connectivity index (χ4v) is 3.07. The van der Waals surface area contributed by atoms with Crippen molar-refractivity contribution < 1.29 is 23.8 Å². The fourth-order valence-electron chi connectivity index (χ4n) is 3.07. The van der Waals surface area contributed by atoms with Crippen LogP contribution in [0.15, 0.2) is 92.8 Å². The van der Waals surface area contributed by atoms with Crippen molar-refractivity contribution in [2.24, 2.45) is 5.92 Å². The van der Waals surface area contributed by atoms with E-state index in [-0.39, 0.29) is 19.1 Å². The number of esters is 2. The molecule has 2 rings (SSSR count). The third-order valence-electron chi connectivity index (χ3n) is 4.75. The van der Waals surface area contributed by atoms with Crippen LogP contribution in [-0.4, -0.2) is 31.8 Å². The average Bonchev–Trinajstić information content (AvgIpc) is 2.85. The molecule has 0 fully saturated rings. The molecule has 0 spiro atoms. The zero-order chi connectivity index (χ0) is 24.5. The first kappa shape index (κ1) is 27.4. The van der Waals surface area contributed by atoms with Gasteiger partial charge in [-0.2, -0.15) is 0 Å². The van der Waals surface area contributed by atoms with Crippen molar-refractivity contribution in [3.8, 4) is 0 Å². The molecule has 0 heterocycles. The number of ether oxygens (including phenoxy) is 3. The zero-order valence-corrected chi connectivity index (χ0v) is 19.5. The van der Waals surface area contributed by atoms with Crippen LogP contribution < -0.4 is 0 Å². The highest BCUT2D eigenvalue weighted by Crippen LogP contribution is 2.21. The van der Waals surface area contributed by atoms with Crippen LogP contribution in [0.3, 0.4) is 0 Å².